The predicted molar refractivity (Wildman–Crippen MR) is 90.7 cm³/mol. The van der Waals surface area contributed by atoms with Crippen molar-refractivity contribution in [1.29, 1.82) is 5.26 Å². The van der Waals surface area contributed by atoms with Crippen LogP contribution < -0.4 is 9.47 Å². The molecule has 0 bridgehead atoms. The second-order valence-corrected chi connectivity index (χ2v) is 5.37. The number of allylic oxidation sites excluding steroid dienone is 3. The summed E-state index contributed by atoms with van der Waals surface area (Å²) < 4.78 is 10.5. The first-order valence-corrected chi connectivity index (χ1v) is 7.47. The molecule has 2 aromatic rings. The van der Waals surface area contributed by atoms with Crippen molar-refractivity contribution < 1.29 is 14.3 Å². The Morgan fingerprint density at radius 2 is 1.88 bits per heavy atom. The molecule has 4 heteroatoms. The fraction of sp³-hybridized carbons (Fsp3) is 0.100. The normalized spacial score (nSPS) is 13.5. The predicted octanol–water partition coefficient (Wildman–Crippen LogP) is 4.15. The number of benzene rings is 2. The van der Waals surface area contributed by atoms with Crippen molar-refractivity contribution in [3.05, 3.63) is 76.9 Å². The number of Topliss-reactive ketones (excluding diaryl/α,β-unsaturated/α-hetero) is 1. The minimum Gasteiger partial charge on any atom is -0.454 e. The summed E-state index contributed by atoms with van der Waals surface area (Å²) in [4.78, 5) is 12.5. The van der Waals surface area contributed by atoms with Crippen molar-refractivity contribution in [1.82, 2.24) is 0 Å². The minimum absolute atomic E-state index is 0.0820. The summed E-state index contributed by atoms with van der Waals surface area (Å²) in [5, 5.41) is 9.34. The van der Waals surface area contributed by atoms with E-state index in [2.05, 4.69) is 0 Å². The van der Waals surface area contributed by atoms with Gasteiger partial charge < -0.3 is 9.47 Å². The summed E-state index contributed by atoms with van der Waals surface area (Å²) in [7, 11) is 0. The Balaban J connectivity index is 1.87. The highest BCUT2D eigenvalue weighted by Gasteiger charge is 2.18. The van der Waals surface area contributed by atoms with Gasteiger partial charge in [-0.1, -0.05) is 36.4 Å². The Morgan fingerprint density at radius 1 is 1.12 bits per heavy atom. The fourth-order valence-electron chi connectivity index (χ4n) is 2.42. The average molecular weight is 317 g/mol. The van der Waals surface area contributed by atoms with Gasteiger partial charge in [0, 0.05) is 5.56 Å². The summed E-state index contributed by atoms with van der Waals surface area (Å²) in [6, 6.07) is 16.6. The molecule has 0 atom stereocenters. The van der Waals surface area contributed by atoms with Crippen LogP contribution in [0.1, 0.15) is 22.8 Å². The maximum Gasteiger partial charge on any atom is 0.231 e. The fourth-order valence-corrected chi connectivity index (χ4v) is 2.42. The molecule has 0 N–H and O–H groups in total. The maximum absolute atomic E-state index is 12.5. The molecule has 3 rings (SSSR count). The summed E-state index contributed by atoms with van der Waals surface area (Å²) in [6.45, 7) is 2.00. The van der Waals surface area contributed by atoms with Crippen LogP contribution in [0.15, 0.2) is 65.8 Å². The topological polar surface area (TPSA) is 59.3 Å². The van der Waals surface area contributed by atoms with E-state index in [9.17, 15) is 10.1 Å². The smallest absolute Gasteiger partial charge is 0.231 e. The van der Waals surface area contributed by atoms with Crippen molar-refractivity contribution in [2.45, 2.75) is 6.92 Å². The number of hydrogen-bond acceptors (Lipinski definition) is 4. The van der Waals surface area contributed by atoms with Gasteiger partial charge in [-0.15, -0.1) is 0 Å². The second-order valence-electron chi connectivity index (χ2n) is 5.37. The Hall–Kier alpha value is -3.32. The highest BCUT2D eigenvalue weighted by Crippen LogP contribution is 2.33. The van der Waals surface area contributed by atoms with Crippen LogP contribution in [0, 0.1) is 11.3 Å². The van der Waals surface area contributed by atoms with Crippen molar-refractivity contribution in [2.24, 2.45) is 0 Å². The number of ketones is 1. The highest BCUT2D eigenvalue weighted by molar-refractivity contribution is 6.12. The molecule has 0 saturated heterocycles. The van der Waals surface area contributed by atoms with Crippen LogP contribution in [-0.4, -0.2) is 12.6 Å². The molecule has 0 radical (unpaired) electrons. The number of ether oxygens (including phenoxy) is 2. The zero-order valence-electron chi connectivity index (χ0n) is 13.2. The molecular formula is C20H15NO3. The first-order valence-electron chi connectivity index (χ1n) is 7.47. The summed E-state index contributed by atoms with van der Waals surface area (Å²) in [6.07, 6.45) is 3.52. The van der Waals surface area contributed by atoms with Gasteiger partial charge in [0.05, 0.1) is 0 Å². The first kappa shape index (κ1) is 15.6. The van der Waals surface area contributed by atoms with E-state index in [-0.39, 0.29) is 18.1 Å². The van der Waals surface area contributed by atoms with Crippen LogP contribution in [0.2, 0.25) is 0 Å². The number of hydrogen-bond donors (Lipinski definition) is 0. The number of carbonyl (C=O) groups excluding carboxylic acids is 1. The van der Waals surface area contributed by atoms with Crippen molar-refractivity contribution in [3.63, 3.8) is 0 Å². The van der Waals surface area contributed by atoms with Gasteiger partial charge in [0.2, 0.25) is 12.6 Å². The zero-order chi connectivity index (χ0) is 16.9. The van der Waals surface area contributed by atoms with Crippen LogP contribution in [0.4, 0.5) is 0 Å². The first-order chi connectivity index (χ1) is 11.7. The standard InChI is InChI=1S/C20H15NO3/c1-14(9-15-5-3-2-4-6-15)10-17(12-21)20(22)16-7-8-18-19(11-16)24-13-23-18/h2-11H,13H2,1H3/b14-9+,17-10+. The van der Waals surface area contributed by atoms with Crippen molar-refractivity contribution in [3.8, 4) is 17.6 Å². The minimum atomic E-state index is -0.336. The van der Waals surface area contributed by atoms with Crippen LogP contribution >= 0.6 is 0 Å². The maximum atomic E-state index is 12.5. The molecule has 0 unspecified atom stereocenters. The Kier molecular flexibility index (Phi) is 4.44. The second kappa shape index (κ2) is 6.84. The van der Waals surface area contributed by atoms with Gasteiger partial charge in [-0.05, 0) is 42.3 Å². The molecule has 24 heavy (non-hydrogen) atoms. The number of rotatable bonds is 4. The third-order valence-electron chi connectivity index (χ3n) is 3.57. The van der Waals surface area contributed by atoms with E-state index >= 15 is 0 Å². The molecule has 0 aliphatic carbocycles. The molecule has 0 fully saturated rings. The molecule has 0 spiro atoms. The average Bonchev–Trinajstić information content (AvgIpc) is 3.07. The van der Waals surface area contributed by atoms with E-state index in [1.165, 1.54) is 0 Å². The highest BCUT2D eigenvalue weighted by atomic mass is 16.7. The van der Waals surface area contributed by atoms with Gasteiger partial charge in [0.25, 0.3) is 0 Å². The van der Waals surface area contributed by atoms with Gasteiger partial charge in [-0.25, -0.2) is 0 Å². The lowest BCUT2D eigenvalue weighted by Gasteiger charge is -2.02. The van der Waals surface area contributed by atoms with E-state index < -0.39 is 0 Å². The largest absolute Gasteiger partial charge is 0.454 e. The molecule has 4 nitrogen and oxygen atoms in total. The third kappa shape index (κ3) is 3.36. The summed E-state index contributed by atoms with van der Waals surface area (Å²) in [5.41, 5.74) is 2.32. The van der Waals surface area contributed by atoms with E-state index in [1.54, 1.807) is 24.3 Å². The van der Waals surface area contributed by atoms with E-state index in [0.717, 1.165) is 11.1 Å². The van der Waals surface area contributed by atoms with Crippen molar-refractivity contribution in [2.75, 3.05) is 6.79 Å². The van der Waals surface area contributed by atoms with E-state index in [1.807, 2.05) is 49.4 Å². The summed E-state index contributed by atoms with van der Waals surface area (Å²) in [5.74, 6) is 0.792. The number of nitrogens with zero attached hydrogens (tertiary/aromatic N) is 1. The van der Waals surface area contributed by atoms with Crippen LogP contribution in [0.25, 0.3) is 6.08 Å². The van der Waals surface area contributed by atoms with Crippen LogP contribution in [-0.2, 0) is 0 Å². The van der Waals surface area contributed by atoms with Crippen LogP contribution in [0.3, 0.4) is 0 Å². The molecule has 0 saturated carbocycles. The van der Waals surface area contributed by atoms with Crippen LogP contribution in [0.5, 0.6) is 11.5 Å². The lowest BCUT2D eigenvalue weighted by molar-refractivity contribution is 0.103. The molecule has 2 aromatic carbocycles. The molecular weight excluding hydrogens is 302 g/mol. The Labute approximate surface area is 140 Å². The quantitative estimate of drug-likeness (QED) is 0.368. The molecule has 0 aromatic heterocycles. The lowest BCUT2D eigenvalue weighted by atomic mass is 10.0. The number of carbonyl (C=O) groups is 1. The summed E-state index contributed by atoms with van der Waals surface area (Å²) >= 11 is 0. The SMILES string of the molecule is CC(=C\c1ccccc1)/C=C(\C#N)C(=O)c1ccc2c(c1)OCO2. The van der Waals surface area contributed by atoms with E-state index in [0.29, 0.717) is 17.1 Å². The van der Waals surface area contributed by atoms with Crippen molar-refractivity contribution >= 4 is 11.9 Å². The molecule has 1 aliphatic heterocycles. The Morgan fingerprint density at radius 3 is 2.62 bits per heavy atom. The van der Waals surface area contributed by atoms with Gasteiger partial charge in [0.1, 0.15) is 11.6 Å². The third-order valence-corrected chi connectivity index (χ3v) is 3.57. The Bertz CT molecular complexity index is 874. The van der Waals surface area contributed by atoms with E-state index in [4.69, 9.17) is 9.47 Å². The monoisotopic (exact) mass is 317 g/mol. The van der Waals surface area contributed by atoms with Gasteiger partial charge in [-0.3, -0.25) is 4.79 Å². The van der Waals surface area contributed by atoms with Gasteiger partial charge in [-0.2, -0.15) is 5.26 Å². The number of fused-ring (bicyclic) bond motifs is 1. The van der Waals surface area contributed by atoms with Gasteiger partial charge >= 0.3 is 0 Å². The molecule has 118 valence electrons. The van der Waals surface area contributed by atoms with Gasteiger partial charge in [0.15, 0.2) is 11.5 Å². The molecule has 0 amide bonds. The zero-order valence-corrected chi connectivity index (χ0v) is 13.2. The molecule has 1 aliphatic rings. The molecule has 1 heterocycles. The lowest BCUT2D eigenvalue weighted by Crippen LogP contribution is -2.02. The number of nitriles is 1.